The van der Waals surface area contributed by atoms with Gasteiger partial charge in [0.1, 0.15) is 11.5 Å². The molecule has 166 valence electrons. The van der Waals surface area contributed by atoms with Crippen molar-refractivity contribution >= 4 is 18.0 Å². The number of anilines is 1. The molecule has 0 saturated heterocycles. The molecule has 32 heavy (non-hydrogen) atoms. The Labute approximate surface area is 183 Å². The van der Waals surface area contributed by atoms with Gasteiger partial charge in [-0.05, 0) is 66.1 Å². The summed E-state index contributed by atoms with van der Waals surface area (Å²) in [5, 5.41) is 0. The first kappa shape index (κ1) is 22.9. The fourth-order valence-electron chi connectivity index (χ4n) is 3.18. The smallest absolute Gasteiger partial charge is 0.416 e. The van der Waals surface area contributed by atoms with Crippen LogP contribution < -0.4 is 15.4 Å². The lowest BCUT2D eigenvalue weighted by Crippen LogP contribution is -2.26. The molecule has 0 aromatic heterocycles. The zero-order valence-corrected chi connectivity index (χ0v) is 17.2. The van der Waals surface area contributed by atoms with Gasteiger partial charge in [-0.15, -0.1) is 0 Å². The standard InChI is InChI=1S/C24H21F3N2O3/c1-16(14-29(15-30)20-6-2-5-18(12-20)23(28)31)17-4-3-7-22(13-17)32-21-10-8-19(9-11-21)24(25,26)27/h2-13,15-16H,14H2,1H3,(H2,28,31). The minimum atomic E-state index is -4.41. The van der Waals surface area contributed by atoms with Gasteiger partial charge >= 0.3 is 6.18 Å². The lowest BCUT2D eigenvalue weighted by Gasteiger charge is -2.23. The van der Waals surface area contributed by atoms with Crippen molar-refractivity contribution in [3.63, 3.8) is 0 Å². The minimum absolute atomic E-state index is 0.103. The Morgan fingerprint density at radius 3 is 2.34 bits per heavy atom. The van der Waals surface area contributed by atoms with Crippen LogP contribution in [0, 0.1) is 0 Å². The van der Waals surface area contributed by atoms with Gasteiger partial charge < -0.3 is 15.4 Å². The van der Waals surface area contributed by atoms with Crippen LogP contribution in [-0.4, -0.2) is 18.9 Å². The Morgan fingerprint density at radius 1 is 1.03 bits per heavy atom. The number of nitrogens with two attached hydrogens (primary N) is 1. The van der Waals surface area contributed by atoms with Crippen molar-refractivity contribution < 1.29 is 27.5 Å². The van der Waals surface area contributed by atoms with Crippen molar-refractivity contribution in [3.8, 4) is 11.5 Å². The van der Waals surface area contributed by atoms with Gasteiger partial charge in [0.25, 0.3) is 0 Å². The molecule has 0 aliphatic rings. The number of hydrogen-bond acceptors (Lipinski definition) is 3. The maximum Gasteiger partial charge on any atom is 0.416 e. The summed E-state index contributed by atoms with van der Waals surface area (Å²) in [6, 6.07) is 18.0. The van der Waals surface area contributed by atoms with Crippen LogP contribution >= 0.6 is 0 Å². The fourth-order valence-corrected chi connectivity index (χ4v) is 3.18. The van der Waals surface area contributed by atoms with Crippen LogP contribution in [0.3, 0.4) is 0 Å². The number of carbonyl (C=O) groups excluding carboxylic acids is 2. The Balaban J connectivity index is 1.73. The number of rotatable bonds is 8. The zero-order valence-electron chi connectivity index (χ0n) is 17.2. The molecule has 0 saturated carbocycles. The molecule has 0 spiro atoms. The number of hydrogen-bond donors (Lipinski definition) is 1. The SMILES string of the molecule is CC(CN(C=O)c1cccc(C(N)=O)c1)c1cccc(Oc2ccc(C(F)(F)F)cc2)c1. The summed E-state index contributed by atoms with van der Waals surface area (Å²) >= 11 is 0. The molecule has 0 aliphatic carbocycles. The van der Waals surface area contributed by atoms with Crippen LogP contribution in [0.1, 0.15) is 34.3 Å². The molecule has 2 N–H and O–H groups in total. The van der Waals surface area contributed by atoms with Crippen molar-refractivity contribution in [1.82, 2.24) is 0 Å². The van der Waals surface area contributed by atoms with Crippen molar-refractivity contribution in [2.24, 2.45) is 5.73 Å². The molecule has 8 heteroatoms. The van der Waals surface area contributed by atoms with Crippen molar-refractivity contribution in [1.29, 1.82) is 0 Å². The van der Waals surface area contributed by atoms with Crippen molar-refractivity contribution in [2.75, 3.05) is 11.4 Å². The van der Waals surface area contributed by atoms with Crippen molar-refractivity contribution in [2.45, 2.75) is 19.0 Å². The van der Waals surface area contributed by atoms with E-state index in [0.717, 1.165) is 17.7 Å². The number of primary amides is 1. The highest BCUT2D eigenvalue weighted by atomic mass is 19.4. The van der Waals surface area contributed by atoms with E-state index in [-0.39, 0.29) is 11.7 Å². The normalized spacial score (nSPS) is 12.1. The average Bonchev–Trinajstić information content (AvgIpc) is 2.77. The first-order chi connectivity index (χ1) is 15.2. The molecule has 1 atom stereocenters. The molecule has 0 fully saturated rings. The molecule has 0 heterocycles. The molecule has 3 aromatic carbocycles. The second-order valence-electron chi connectivity index (χ2n) is 7.27. The number of alkyl halides is 3. The number of amides is 2. The molecule has 0 aliphatic heterocycles. The Bertz CT molecular complexity index is 1100. The lowest BCUT2D eigenvalue weighted by molar-refractivity contribution is -0.137. The maximum atomic E-state index is 12.7. The molecule has 3 aromatic rings. The first-order valence-corrected chi connectivity index (χ1v) is 9.74. The van der Waals surface area contributed by atoms with Crippen LogP contribution in [-0.2, 0) is 11.0 Å². The molecule has 1 unspecified atom stereocenters. The molecule has 3 rings (SSSR count). The third-order valence-corrected chi connectivity index (χ3v) is 4.90. The van der Waals surface area contributed by atoms with Gasteiger partial charge in [0.15, 0.2) is 0 Å². The zero-order chi connectivity index (χ0) is 23.3. The third kappa shape index (κ3) is 5.66. The van der Waals surface area contributed by atoms with E-state index >= 15 is 0 Å². The van der Waals surface area contributed by atoms with Crippen LogP contribution in [0.4, 0.5) is 18.9 Å². The third-order valence-electron chi connectivity index (χ3n) is 4.90. The van der Waals surface area contributed by atoms with E-state index in [0.29, 0.717) is 30.0 Å². The number of carbonyl (C=O) groups is 2. The van der Waals surface area contributed by atoms with E-state index < -0.39 is 17.6 Å². The Hall–Kier alpha value is -3.81. The molecule has 0 radical (unpaired) electrons. The second kappa shape index (κ2) is 9.55. The molecule has 5 nitrogen and oxygen atoms in total. The fraction of sp³-hybridized carbons (Fsp3) is 0.167. The van der Waals surface area contributed by atoms with E-state index in [2.05, 4.69) is 0 Å². The maximum absolute atomic E-state index is 12.7. The lowest BCUT2D eigenvalue weighted by atomic mass is 10.00. The van der Waals surface area contributed by atoms with Gasteiger partial charge in [-0.3, -0.25) is 9.59 Å². The summed E-state index contributed by atoms with van der Waals surface area (Å²) in [4.78, 5) is 24.5. The van der Waals surface area contributed by atoms with Crippen LogP contribution in [0.25, 0.3) is 0 Å². The summed E-state index contributed by atoms with van der Waals surface area (Å²) in [6.45, 7) is 2.25. The Kier molecular flexibility index (Phi) is 6.82. The minimum Gasteiger partial charge on any atom is -0.457 e. The van der Waals surface area contributed by atoms with E-state index in [9.17, 15) is 22.8 Å². The number of ether oxygens (including phenoxy) is 1. The Morgan fingerprint density at radius 2 is 1.72 bits per heavy atom. The van der Waals surface area contributed by atoms with Gasteiger partial charge in [0.2, 0.25) is 12.3 Å². The van der Waals surface area contributed by atoms with E-state index in [4.69, 9.17) is 10.5 Å². The summed E-state index contributed by atoms with van der Waals surface area (Å²) in [5.41, 5.74) is 6.27. The summed E-state index contributed by atoms with van der Waals surface area (Å²) in [5.74, 6) is 0.0514. The van der Waals surface area contributed by atoms with Gasteiger partial charge in [0, 0.05) is 17.8 Å². The highest BCUT2D eigenvalue weighted by Crippen LogP contribution is 2.32. The average molecular weight is 442 g/mol. The predicted molar refractivity (Wildman–Crippen MR) is 115 cm³/mol. The van der Waals surface area contributed by atoms with Gasteiger partial charge in [-0.25, -0.2) is 0 Å². The highest BCUT2D eigenvalue weighted by molar-refractivity contribution is 5.94. The quantitative estimate of drug-likeness (QED) is 0.477. The van der Waals surface area contributed by atoms with Crippen LogP contribution in [0.5, 0.6) is 11.5 Å². The van der Waals surface area contributed by atoms with E-state index in [1.807, 2.05) is 13.0 Å². The monoisotopic (exact) mass is 442 g/mol. The summed E-state index contributed by atoms with van der Waals surface area (Å²) in [7, 11) is 0. The molecular weight excluding hydrogens is 421 g/mol. The molecular formula is C24H21F3N2O3. The summed E-state index contributed by atoms with van der Waals surface area (Å²) < 4.78 is 43.8. The second-order valence-corrected chi connectivity index (χ2v) is 7.27. The number of halogens is 3. The predicted octanol–water partition coefficient (Wildman–Crippen LogP) is 5.36. The van der Waals surface area contributed by atoms with E-state index in [1.165, 1.54) is 17.0 Å². The van der Waals surface area contributed by atoms with Crippen LogP contribution in [0.15, 0.2) is 72.8 Å². The first-order valence-electron chi connectivity index (χ1n) is 9.74. The van der Waals surface area contributed by atoms with Gasteiger partial charge in [0.05, 0.1) is 5.56 Å². The largest absolute Gasteiger partial charge is 0.457 e. The highest BCUT2D eigenvalue weighted by Gasteiger charge is 2.30. The molecule has 0 bridgehead atoms. The van der Waals surface area contributed by atoms with E-state index in [1.54, 1.807) is 42.5 Å². The summed E-state index contributed by atoms with van der Waals surface area (Å²) in [6.07, 6.45) is -3.73. The van der Waals surface area contributed by atoms with Crippen LogP contribution in [0.2, 0.25) is 0 Å². The van der Waals surface area contributed by atoms with Gasteiger partial charge in [-0.2, -0.15) is 13.2 Å². The molecule has 2 amide bonds. The van der Waals surface area contributed by atoms with Gasteiger partial charge in [-0.1, -0.05) is 25.1 Å². The number of benzene rings is 3. The number of nitrogens with zero attached hydrogens (tertiary/aromatic N) is 1. The van der Waals surface area contributed by atoms with Crippen molar-refractivity contribution in [3.05, 3.63) is 89.5 Å². The topological polar surface area (TPSA) is 72.6 Å².